The summed E-state index contributed by atoms with van der Waals surface area (Å²) >= 11 is 0. The van der Waals surface area contributed by atoms with E-state index in [0.717, 1.165) is 34.1 Å². The third-order valence-electron chi connectivity index (χ3n) is 17.0. The molecule has 75 heavy (non-hydrogen) atoms. The van der Waals surface area contributed by atoms with Gasteiger partial charge in [0.15, 0.2) is 0 Å². The lowest BCUT2D eigenvalue weighted by Gasteiger charge is -2.34. The minimum absolute atomic E-state index is 0.607. The van der Waals surface area contributed by atoms with E-state index in [-0.39, 0.29) is 0 Å². The highest BCUT2D eigenvalue weighted by molar-refractivity contribution is 6.06. The second-order valence-corrected chi connectivity index (χ2v) is 21.0. The maximum absolute atomic E-state index is 2.55. The third-order valence-corrected chi connectivity index (χ3v) is 17.0. The molecule has 3 aliphatic carbocycles. The average Bonchev–Trinajstić information content (AvgIpc) is 3.99. The lowest BCUT2D eigenvalue weighted by Crippen LogP contribution is -2.26. The fourth-order valence-electron chi connectivity index (χ4n) is 13.6. The van der Waals surface area contributed by atoms with Crippen LogP contribution in [0, 0.1) is 0 Å². The molecular weight excluding hydrogens is 905 g/mol. The molecule has 0 aliphatic heterocycles. The van der Waals surface area contributed by atoms with Crippen molar-refractivity contribution in [1.29, 1.82) is 0 Å². The lowest BCUT2D eigenvalue weighted by molar-refractivity contribution is 0.443. The summed E-state index contributed by atoms with van der Waals surface area (Å²) in [5, 5.41) is 7.36. The van der Waals surface area contributed by atoms with Crippen LogP contribution in [0.2, 0.25) is 0 Å². The van der Waals surface area contributed by atoms with Crippen LogP contribution in [0.3, 0.4) is 0 Å². The summed E-state index contributed by atoms with van der Waals surface area (Å²) in [5.74, 6) is 0.617. The summed E-state index contributed by atoms with van der Waals surface area (Å²) in [5.41, 5.74) is 20.5. The molecule has 0 amide bonds. The maximum Gasteiger partial charge on any atom is 0.0727 e. The number of benzene rings is 12. The normalized spacial score (nSPS) is 15.5. The van der Waals surface area contributed by atoms with Crippen molar-refractivity contribution in [2.24, 2.45) is 0 Å². The van der Waals surface area contributed by atoms with Crippen molar-refractivity contribution in [1.82, 2.24) is 0 Å². The van der Waals surface area contributed by atoms with E-state index in [0.29, 0.717) is 5.92 Å². The largest absolute Gasteiger partial charge is 0.310 e. The summed E-state index contributed by atoms with van der Waals surface area (Å²) in [4.78, 5) is 5.02. The van der Waals surface area contributed by atoms with Crippen LogP contribution in [0.4, 0.5) is 34.1 Å². The zero-order valence-electron chi connectivity index (χ0n) is 41.8. The van der Waals surface area contributed by atoms with Crippen LogP contribution in [-0.2, 0) is 5.41 Å². The molecule has 1 fully saturated rings. The van der Waals surface area contributed by atoms with Gasteiger partial charge in [-0.1, -0.05) is 213 Å². The number of hydrogen-bond acceptors (Lipinski definition) is 2. The molecule has 0 aromatic heterocycles. The van der Waals surface area contributed by atoms with E-state index in [1.165, 1.54) is 126 Å². The smallest absolute Gasteiger partial charge is 0.0727 e. The molecular formula is C73H54N2. The van der Waals surface area contributed by atoms with E-state index >= 15 is 0 Å². The molecule has 1 spiro atoms. The van der Waals surface area contributed by atoms with Gasteiger partial charge in [-0.05, 0) is 173 Å². The molecule has 2 nitrogen and oxygen atoms in total. The highest BCUT2D eigenvalue weighted by Gasteiger charge is 2.52. The SMILES string of the molecule is c1ccc(-c2c(N(c3ccc(C4CCCCC4)cc3)c3ccc4c(c3)C3(c5ccccc5-c5ccc(N(c6ccc7ccccc7c6)c6ccc7ccccc7c6)cc53)c3ccccc3-4)ccc3ccccc23)cc1. The Bertz CT molecular complexity index is 4090. The zero-order chi connectivity index (χ0) is 49.5. The number of anilines is 6. The average molecular weight is 959 g/mol. The van der Waals surface area contributed by atoms with Gasteiger partial charge in [0, 0.05) is 34.0 Å². The van der Waals surface area contributed by atoms with Crippen LogP contribution < -0.4 is 9.80 Å². The molecule has 12 aromatic carbocycles. The molecule has 1 unspecified atom stereocenters. The minimum Gasteiger partial charge on any atom is -0.310 e. The fraction of sp³-hybridized carbons (Fsp3) is 0.0959. The Morgan fingerprint density at radius 1 is 0.307 bits per heavy atom. The van der Waals surface area contributed by atoms with Gasteiger partial charge in [-0.2, -0.15) is 0 Å². The molecule has 15 rings (SSSR count). The topological polar surface area (TPSA) is 6.48 Å². The van der Waals surface area contributed by atoms with Gasteiger partial charge in [0.25, 0.3) is 0 Å². The van der Waals surface area contributed by atoms with Gasteiger partial charge in [0.2, 0.25) is 0 Å². The Hall–Kier alpha value is -8.98. The molecule has 0 N–H and O–H groups in total. The highest BCUT2D eigenvalue weighted by atomic mass is 15.1. The predicted octanol–water partition coefficient (Wildman–Crippen LogP) is 20.1. The molecule has 2 heteroatoms. The summed E-state index contributed by atoms with van der Waals surface area (Å²) in [6.45, 7) is 0. The molecule has 1 atom stereocenters. The van der Waals surface area contributed by atoms with Gasteiger partial charge in [-0.3, -0.25) is 0 Å². The van der Waals surface area contributed by atoms with E-state index < -0.39 is 5.41 Å². The molecule has 0 radical (unpaired) electrons. The van der Waals surface area contributed by atoms with Crippen molar-refractivity contribution < 1.29 is 0 Å². The van der Waals surface area contributed by atoms with E-state index in [2.05, 4.69) is 271 Å². The van der Waals surface area contributed by atoms with Crippen LogP contribution in [-0.4, -0.2) is 0 Å². The molecule has 12 aromatic rings. The van der Waals surface area contributed by atoms with Gasteiger partial charge < -0.3 is 9.80 Å². The maximum atomic E-state index is 2.55. The van der Waals surface area contributed by atoms with Crippen molar-refractivity contribution in [2.45, 2.75) is 43.4 Å². The number of fused-ring (bicyclic) bond motifs is 13. The van der Waals surface area contributed by atoms with Gasteiger partial charge >= 0.3 is 0 Å². The van der Waals surface area contributed by atoms with E-state index in [1.54, 1.807) is 0 Å². The second kappa shape index (κ2) is 17.6. The predicted molar refractivity (Wildman–Crippen MR) is 316 cm³/mol. The van der Waals surface area contributed by atoms with Gasteiger partial charge in [0.05, 0.1) is 11.1 Å². The summed E-state index contributed by atoms with van der Waals surface area (Å²) in [7, 11) is 0. The van der Waals surface area contributed by atoms with Crippen molar-refractivity contribution >= 4 is 66.4 Å². The molecule has 0 saturated heterocycles. The van der Waals surface area contributed by atoms with E-state index in [4.69, 9.17) is 0 Å². The van der Waals surface area contributed by atoms with Crippen LogP contribution in [0.15, 0.2) is 261 Å². The first-order valence-corrected chi connectivity index (χ1v) is 26.9. The van der Waals surface area contributed by atoms with E-state index in [9.17, 15) is 0 Å². The Balaban J connectivity index is 0.976. The lowest BCUT2D eigenvalue weighted by atomic mass is 9.70. The van der Waals surface area contributed by atoms with Crippen LogP contribution >= 0.6 is 0 Å². The van der Waals surface area contributed by atoms with Gasteiger partial charge in [0.1, 0.15) is 0 Å². The molecule has 0 bridgehead atoms. The monoisotopic (exact) mass is 958 g/mol. The number of rotatable bonds is 8. The molecule has 356 valence electrons. The fourth-order valence-corrected chi connectivity index (χ4v) is 13.6. The molecule has 0 heterocycles. The first-order chi connectivity index (χ1) is 37.2. The highest BCUT2D eigenvalue weighted by Crippen LogP contribution is 2.64. The van der Waals surface area contributed by atoms with Crippen molar-refractivity contribution in [3.8, 4) is 33.4 Å². The zero-order valence-corrected chi connectivity index (χ0v) is 41.8. The Labute approximate surface area is 439 Å². The van der Waals surface area contributed by atoms with Gasteiger partial charge in [-0.15, -0.1) is 0 Å². The summed E-state index contributed by atoms with van der Waals surface area (Å²) in [6.07, 6.45) is 6.51. The Morgan fingerprint density at radius 3 is 1.37 bits per heavy atom. The Morgan fingerprint density at radius 2 is 0.760 bits per heavy atom. The van der Waals surface area contributed by atoms with Crippen molar-refractivity contribution in [2.75, 3.05) is 9.80 Å². The van der Waals surface area contributed by atoms with Gasteiger partial charge in [-0.25, -0.2) is 0 Å². The number of hydrogen-bond donors (Lipinski definition) is 0. The summed E-state index contributed by atoms with van der Waals surface area (Å²) < 4.78 is 0. The quantitative estimate of drug-likeness (QED) is 0.150. The van der Waals surface area contributed by atoms with Crippen molar-refractivity contribution in [3.05, 3.63) is 289 Å². The van der Waals surface area contributed by atoms with Crippen LogP contribution in [0.1, 0.15) is 65.8 Å². The van der Waals surface area contributed by atoms with E-state index in [1.807, 2.05) is 0 Å². The van der Waals surface area contributed by atoms with Crippen LogP contribution in [0.5, 0.6) is 0 Å². The minimum atomic E-state index is -0.607. The Kier molecular flexibility index (Phi) is 10.2. The summed E-state index contributed by atoms with van der Waals surface area (Å²) in [6, 6.07) is 98.4. The first-order valence-electron chi connectivity index (χ1n) is 26.9. The van der Waals surface area contributed by atoms with Crippen LogP contribution in [0.25, 0.3) is 65.7 Å². The molecule has 3 aliphatic rings. The third kappa shape index (κ3) is 6.93. The molecule has 1 saturated carbocycles. The van der Waals surface area contributed by atoms with Crippen molar-refractivity contribution in [3.63, 3.8) is 0 Å². The standard InChI is InChI=1S/C73H54N2/c1-3-17-49(18-4-1)52-31-36-57(37-32-52)75(71-44-35-53-21-11-12-26-62(53)72(71)54-22-5-2-6-23-54)61-41-43-66-64-28-14-16-30-68(64)73(70(66)48-61)67-29-15-13-27-63(67)65-42-40-60(47-69(65)73)74(58-38-33-50-19-7-9-24-55(50)45-58)59-39-34-51-20-8-10-25-56(51)46-59/h2,5-16,19-49H,1,3-4,17-18H2. The number of nitrogens with zero attached hydrogens (tertiary/aromatic N) is 2. The second-order valence-electron chi connectivity index (χ2n) is 21.0. The first kappa shape index (κ1) is 43.6.